The number of aliphatic hydroxyl groups excluding tert-OH is 1. The van der Waals surface area contributed by atoms with Gasteiger partial charge in [-0.25, -0.2) is 0 Å². The minimum atomic E-state index is -4.60. The van der Waals surface area contributed by atoms with Gasteiger partial charge in [-0.15, -0.1) is 0 Å². The van der Waals surface area contributed by atoms with E-state index in [9.17, 15) is 19.4 Å². The second-order valence-corrected chi connectivity index (χ2v) is 28.8. The number of phosphoric acid groups is 1. The van der Waals surface area contributed by atoms with Gasteiger partial charge < -0.3 is 28.8 Å². The molecule has 2 N–H and O–H groups in total. The third kappa shape index (κ3) is 68.6. The van der Waals surface area contributed by atoms with E-state index in [-0.39, 0.29) is 19.1 Å². The van der Waals surface area contributed by atoms with E-state index in [4.69, 9.17) is 9.05 Å². The summed E-state index contributed by atoms with van der Waals surface area (Å²) in [7, 11) is 1.29. The first-order valence-corrected chi connectivity index (χ1v) is 39.0. The summed E-state index contributed by atoms with van der Waals surface area (Å²) in [6.07, 6.45) is 85.1. The molecular formula is C74H149N2O6P. The highest BCUT2D eigenvalue weighted by Crippen LogP contribution is 2.38. The van der Waals surface area contributed by atoms with Crippen molar-refractivity contribution < 1.29 is 32.9 Å². The highest BCUT2D eigenvalue weighted by molar-refractivity contribution is 7.45. The molecule has 0 aliphatic rings. The van der Waals surface area contributed by atoms with Crippen LogP contribution in [-0.2, 0) is 18.4 Å². The number of likely N-dealkylation sites (N-methyl/N-ethyl adjacent to an activating group) is 1. The lowest BCUT2D eigenvalue weighted by Gasteiger charge is -2.29. The number of phosphoric ester groups is 1. The molecule has 0 fully saturated rings. The number of nitrogens with zero attached hydrogens (tertiary/aromatic N) is 1. The Labute approximate surface area is 520 Å². The number of allylic oxidation sites excluding steroid dienone is 1. The zero-order valence-corrected chi connectivity index (χ0v) is 57.8. The normalized spacial score (nSPS) is 13.6. The van der Waals surface area contributed by atoms with Crippen LogP contribution in [0.4, 0.5) is 0 Å². The first kappa shape index (κ1) is 82.2. The Bertz CT molecular complexity index is 1360. The van der Waals surface area contributed by atoms with Crippen molar-refractivity contribution in [1.82, 2.24) is 5.32 Å². The second kappa shape index (κ2) is 65.7. The number of carbonyl (C=O) groups excluding carboxylic acids is 1. The molecule has 0 saturated carbocycles. The van der Waals surface area contributed by atoms with Gasteiger partial charge in [0.1, 0.15) is 13.2 Å². The largest absolute Gasteiger partial charge is 0.756 e. The average Bonchev–Trinajstić information content (AvgIpc) is 3.49. The van der Waals surface area contributed by atoms with Crippen LogP contribution in [0.15, 0.2) is 12.2 Å². The molecule has 0 aromatic heterocycles. The predicted octanol–water partition coefficient (Wildman–Crippen LogP) is 23.4. The summed E-state index contributed by atoms with van der Waals surface area (Å²) in [5, 5.41) is 14.0. The van der Waals surface area contributed by atoms with E-state index in [2.05, 4.69) is 19.2 Å². The molecule has 0 rings (SSSR count). The van der Waals surface area contributed by atoms with Crippen molar-refractivity contribution >= 4 is 13.7 Å². The standard InChI is InChI=1S/C74H149N2O6P/c1-6-8-10-12-14-16-18-20-22-24-26-28-30-32-33-34-35-36-37-38-39-40-41-42-44-46-48-50-52-54-56-58-60-62-64-66-68-74(78)75-72(71-82-83(79,80)81-70-69-76(3,4)5)73(77)67-65-63-61-59-57-55-53-51-49-47-45-43-31-29-27-25-23-21-19-17-15-13-11-9-7-2/h65,67,72-73,77H,6-64,66,68-71H2,1-5H3,(H-,75,78,79,80)/b67-65+. The fourth-order valence-electron chi connectivity index (χ4n) is 11.9. The number of hydrogen-bond donors (Lipinski definition) is 2. The van der Waals surface area contributed by atoms with Gasteiger partial charge in [-0.2, -0.15) is 0 Å². The Hall–Kier alpha value is -0.760. The molecule has 0 bridgehead atoms. The molecule has 9 heteroatoms. The summed E-state index contributed by atoms with van der Waals surface area (Å²) in [5.41, 5.74) is 0. The highest BCUT2D eigenvalue weighted by Gasteiger charge is 2.23. The summed E-state index contributed by atoms with van der Waals surface area (Å²) in [4.78, 5) is 25.7. The molecule has 0 aromatic carbocycles. The van der Waals surface area contributed by atoms with Crippen LogP contribution in [-0.4, -0.2) is 68.5 Å². The molecule has 0 aliphatic heterocycles. The molecular weight excluding hydrogens is 1040 g/mol. The summed E-state index contributed by atoms with van der Waals surface area (Å²) in [6, 6.07) is -0.884. The van der Waals surface area contributed by atoms with E-state index in [1.165, 1.54) is 347 Å². The van der Waals surface area contributed by atoms with Crippen LogP contribution < -0.4 is 10.2 Å². The smallest absolute Gasteiger partial charge is 0.268 e. The van der Waals surface area contributed by atoms with Gasteiger partial charge in [0.2, 0.25) is 5.91 Å². The summed E-state index contributed by atoms with van der Waals surface area (Å²) >= 11 is 0. The zero-order valence-electron chi connectivity index (χ0n) is 56.9. The van der Waals surface area contributed by atoms with Crippen LogP contribution in [0.5, 0.6) is 0 Å². The minimum absolute atomic E-state index is 0.00306. The molecule has 3 unspecified atom stereocenters. The predicted molar refractivity (Wildman–Crippen MR) is 362 cm³/mol. The lowest BCUT2D eigenvalue weighted by Crippen LogP contribution is -2.45. The van der Waals surface area contributed by atoms with Crippen molar-refractivity contribution in [2.24, 2.45) is 0 Å². The van der Waals surface area contributed by atoms with E-state index in [0.717, 1.165) is 38.5 Å². The first-order valence-electron chi connectivity index (χ1n) is 37.6. The second-order valence-electron chi connectivity index (χ2n) is 27.4. The Kier molecular flexibility index (Phi) is 65.1. The Morgan fingerprint density at radius 1 is 0.410 bits per heavy atom. The maximum atomic E-state index is 13.1. The maximum absolute atomic E-state index is 13.1. The van der Waals surface area contributed by atoms with E-state index < -0.39 is 20.0 Å². The van der Waals surface area contributed by atoms with Crippen LogP contribution in [0.25, 0.3) is 0 Å². The van der Waals surface area contributed by atoms with Crippen LogP contribution >= 0.6 is 7.82 Å². The summed E-state index contributed by atoms with van der Waals surface area (Å²) in [6.45, 7) is 4.73. The quantitative estimate of drug-likeness (QED) is 0.0272. The molecule has 0 aliphatic carbocycles. The number of hydrogen-bond acceptors (Lipinski definition) is 6. The van der Waals surface area contributed by atoms with Gasteiger partial charge in [0.05, 0.1) is 39.9 Å². The molecule has 1 amide bonds. The number of aliphatic hydroxyl groups is 1. The molecule has 8 nitrogen and oxygen atoms in total. The number of nitrogens with one attached hydrogen (secondary N) is 1. The van der Waals surface area contributed by atoms with Gasteiger partial charge >= 0.3 is 0 Å². The monoisotopic (exact) mass is 1190 g/mol. The zero-order chi connectivity index (χ0) is 60.5. The third-order valence-corrected chi connectivity index (χ3v) is 18.7. The lowest BCUT2D eigenvalue weighted by molar-refractivity contribution is -0.870. The van der Waals surface area contributed by atoms with Crippen molar-refractivity contribution in [3.05, 3.63) is 12.2 Å². The van der Waals surface area contributed by atoms with Crippen molar-refractivity contribution in [3.63, 3.8) is 0 Å². The Morgan fingerprint density at radius 3 is 0.904 bits per heavy atom. The summed E-state index contributed by atoms with van der Waals surface area (Å²) < 4.78 is 23.5. The maximum Gasteiger partial charge on any atom is 0.268 e. The number of amides is 1. The topological polar surface area (TPSA) is 108 Å². The SMILES string of the molecule is CCCCCCCCCCCCCCCCCCCCCCCCC/C=C/C(O)C(COP(=O)([O-])OCC[N+](C)(C)C)NC(=O)CCCCCCCCCCCCCCCCCCCCCCCCCCCCCCCCCCCCCC. The Morgan fingerprint density at radius 2 is 0.651 bits per heavy atom. The summed E-state index contributed by atoms with van der Waals surface area (Å²) in [5.74, 6) is -0.186. The lowest BCUT2D eigenvalue weighted by atomic mass is 10.0. The van der Waals surface area contributed by atoms with Gasteiger partial charge in [-0.3, -0.25) is 9.36 Å². The van der Waals surface area contributed by atoms with Crippen molar-refractivity contribution in [2.75, 3.05) is 40.9 Å². The van der Waals surface area contributed by atoms with Crippen LogP contribution in [0.1, 0.15) is 406 Å². The van der Waals surface area contributed by atoms with E-state index in [1.54, 1.807) is 6.08 Å². The highest BCUT2D eigenvalue weighted by atomic mass is 31.2. The number of carbonyl (C=O) groups is 1. The van der Waals surface area contributed by atoms with E-state index >= 15 is 0 Å². The van der Waals surface area contributed by atoms with Crippen LogP contribution in [0, 0.1) is 0 Å². The van der Waals surface area contributed by atoms with Crippen molar-refractivity contribution in [1.29, 1.82) is 0 Å². The molecule has 0 spiro atoms. The molecule has 0 saturated heterocycles. The fourth-order valence-corrected chi connectivity index (χ4v) is 12.6. The van der Waals surface area contributed by atoms with Crippen LogP contribution in [0.2, 0.25) is 0 Å². The van der Waals surface area contributed by atoms with Gasteiger partial charge in [0, 0.05) is 6.42 Å². The Balaban J connectivity index is 3.94. The number of rotatable bonds is 71. The third-order valence-electron chi connectivity index (χ3n) is 17.7. The molecule has 0 radical (unpaired) electrons. The molecule has 83 heavy (non-hydrogen) atoms. The van der Waals surface area contributed by atoms with Crippen LogP contribution in [0.3, 0.4) is 0 Å². The first-order chi connectivity index (χ1) is 40.5. The molecule has 496 valence electrons. The van der Waals surface area contributed by atoms with Crippen molar-refractivity contribution in [3.8, 4) is 0 Å². The average molecular weight is 1190 g/mol. The van der Waals surface area contributed by atoms with Gasteiger partial charge in [-0.1, -0.05) is 392 Å². The number of unbranched alkanes of at least 4 members (excludes halogenated alkanes) is 58. The van der Waals surface area contributed by atoms with Gasteiger partial charge in [-0.05, 0) is 19.3 Å². The molecule has 3 atom stereocenters. The van der Waals surface area contributed by atoms with E-state index in [0.29, 0.717) is 17.4 Å². The van der Waals surface area contributed by atoms with Gasteiger partial charge in [0.15, 0.2) is 0 Å². The molecule has 0 aromatic rings. The van der Waals surface area contributed by atoms with Crippen molar-refractivity contribution in [2.45, 2.75) is 418 Å². The number of quaternary nitrogens is 1. The van der Waals surface area contributed by atoms with E-state index in [1.807, 2.05) is 27.2 Å². The van der Waals surface area contributed by atoms with Gasteiger partial charge in [0.25, 0.3) is 7.82 Å². The minimum Gasteiger partial charge on any atom is -0.756 e. The fraction of sp³-hybridized carbons (Fsp3) is 0.959. The molecule has 0 heterocycles.